The molecule has 2 atom stereocenters. The molecule has 2 heterocycles. The highest BCUT2D eigenvalue weighted by molar-refractivity contribution is 7.07. The Kier molecular flexibility index (Phi) is 6.41. The molecule has 1 saturated heterocycles. The van der Waals surface area contributed by atoms with E-state index >= 15 is 0 Å². The first-order valence-corrected chi connectivity index (χ1v) is 10.1. The Bertz CT molecular complexity index is 853. The van der Waals surface area contributed by atoms with E-state index in [2.05, 4.69) is 10.3 Å². The number of ether oxygens (including phenoxy) is 1. The van der Waals surface area contributed by atoms with Crippen molar-refractivity contribution in [3.05, 3.63) is 45.9 Å². The number of aldehydes is 1. The first-order chi connectivity index (χ1) is 13.5. The monoisotopic (exact) mass is 401 g/mol. The number of nitrogens with zero attached hydrogens (tertiary/aromatic N) is 2. The summed E-state index contributed by atoms with van der Waals surface area (Å²) in [6.07, 6.45) is 2.51. The lowest BCUT2D eigenvalue weighted by atomic mass is 10.0. The van der Waals surface area contributed by atoms with E-state index in [1.807, 2.05) is 5.38 Å². The molecular formula is C20H23N3O4S. The SMILES string of the molecule is COc1cccc(C(=O)N[C@@H](Cc2cscn2)C(=O)N2CCC[C@H]2C=O)c1C. The minimum atomic E-state index is -0.791. The molecule has 2 amide bonds. The van der Waals surface area contributed by atoms with Crippen LogP contribution in [0.1, 0.15) is 34.5 Å². The second-order valence-corrected chi connectivity index (χ2v) is 7.44. The predicted molar refractivity (Wildman–Crippen MR) is 106 cm³/mol. The van der Waals surface area contributed by atoms with E-state index in [0.29, 0.717) is 29.8 Å². The van der Waals surface area contributed by atoms with Crippen LogP contribution in [0.2, 0.25) is 0 Å². The fourth-order valence-electron chi connectivity index (χ4n) is 3.47. The van der Waals surface area contributed by atoms with E-state index in [0.717, 1.165) is 18.4 Å². The topological polar surface area (TPSA) is 88.6 Å². The Morgan fingerprint density at radius 2 is 2.29 bits per heavy atom. The van der Waals surface area contributed by atoms with E-state index < -0.39 is 12.1 Å². The van der Waals surface area contributed by atoms with Crippen molar-refractivity contribution in [2.75, 3.05) is 13.7 Å². The predicted octanol–water partition coefficient (Wildman–Crippen LogP) is 1.99. The summed E-state index contributed by atoms with van der Waals surface area (Å²) in [5.41, 5.74) is 3.57. The Labute approximate surface area is 167 Å². The number of hydrogen-bond acceptors (Lipinski definition) is 6. The Morgan fingerprint density at radius 3 is 2.96 bits per heavy atom. The molecular weight excluding hydrogens is 378 g/mol. The number of nitrogens with one attached hydrogen (secondary N) is 1. The van der Waals surface area contributed by atoms with Crippen LogP contribution in [0.5, 0.6) is 5.75 Å². The van der Waals surface area contributed by atoms with Gasteiger partial charge in [-0.2, -0.15) is 0 Å². The number of rotatable bonds is 7. The Balaban J connectivity index is 1.84. The maximum absolute atomic E-state index is 13.1. The van der Waals surface area contributed by atoms with Crippen LogP contribution >= 0.6 is 11.3 Å². The van der Waals surface area contributed by atoms with Crippen LogP contribution in [0.25, 0.3) is 0 Å². The summed E-state index contributed by atoms with van der Waals surface area (Å²) in [6, 6.07) is 3.99. The van der Waals surface area contributed by atoms with Gasteiger partial charge in [-0.05, 0) is 31.9 Å². The Hall–Kier alpha value is -2.74. The van der Waals surface area contributed by atoms with Crippen molar-refractivity contribution in [2.24, 2.45) is 0 Å². The summed E-state index contributed by atoms with van der Waals surface area (Å²) in [6.45, 7) is 2.32. The summed E-state index contributed by atoms with van der Waals surface area (Å²) < 4.78 is 5.28. The van der Waals surface area contributed by atoms with Gasteiger partial charge < -0.3 is 19.7 Å². The quantitative estimate of drug-likeness (QED) is 0.717. The second kappa shape index (κ2) is 8.97. The lowest BCUT2D eigenvalue weighted by Gasteiger charge is -2.27. The van der Waals surface area contributed by atoms with E-state index in [-0.39, 0.29) is 18.2 Å². The van der Waals surface area contributed by atoms with Gasteiger partial charge in [0.15, 0.2) is 0 Å². The summed E-state index contributed by atoms with van der Waals surface area (Å²) in [4.78, 5) is 43.1. The number of carbonyl (C=O) groups excluding carboxylic acids is 3. The number of carbonyl (C=O) groups is 3. The average molecular weight is 401 g/mol. The molecule has 0 aliphatic carbocycles. The fraction of sp³-hybridized carbons (Fsp3) is 0.400. The van der Waals surface area contributed by atoms with Crippen LogP contribution in [-0.2, 0) is 16.0 Å². The number of hydrogen-bond donors (Lipinski definition) is 1. The van der Waals surface area contributed by atoms with Crippen molar-refractivity contribution in [2.45, 2.75) is 38.3 Å². The largest absolute Gasteiger partial charge is 0.496 e. The Morgan fingerprint density at radius 1 is 1.46 bits per heavy atom. The highest BCUT2D eigenvalue weighted by Crippen LogP contribution is 2.22. The molecule has 2 aromatic rings. The van der Waals surface area contributed by atoms with Gasteiger partial charge in [0.1, 0.15) is 18.1 Å². The van der Waals surface area contributed by atoms with Gasteiger partial charge in [0, 0.05) is 29.5 Å². The maximum Gasteiger partial charge on any atom is 0.252 e. The molecule has 0 bridgehead atoms. The molecule has 0 saturated carbocycles. The molecule has 28 heavy (non-hydrogen) atoms. The minimum absolute atomic E-state index is 0.253. The average Bonchev–Trinajstić information content (AvgIpc) is 3.38. The number of thiazole rings is 1. The van der Waals surface area contributed by atoms with E-state index in [4.69, 9.17) is 4.74 Å². The summed E-state index contributed by atoms with van der Waals surface area (Å²) >= 11 is 1.43. The minimum Gasteiger partial charge on any atom is -0.496 e. The van der Waals surface area contributed by atoms with Gasteiger partial charge in [-0.1, -0.05) is 6.07 Å². The van der Waals surface area contributed by atoms with Crippen LogP contribution in [0.3, 0.4) is 0 Å². The van der Waals surface area contributed by atoms with Crippen LogP contribution in [0.15, 0.2) is 29.1 Å². The smallest absolute Gasteiger partial charge is 0.252 e. The first kappa shape index (κ1) is 20.0. The molecule has 1 aliphatic heterocycles. The standard InChI is InChI=1S/C20H23N3O4S/c1-13-16(6-3-7-18(13)27-2)19(25)22-17(9-14-11-28-12-21-14)20(26)23-8-4-5-15(23)10-24/h3,6-7,10-12,15,17H,4-5,8-9H2,1-2H3,(H,22,25)/t15-,17-/m0/s1. The third kappa shape index (κ3) is 4.22. The number of aromatic nitrogens is 1. The highest BCUT2D eigenvalue weighted by Gasteiger charge is 2.34. The number of methoxy groups -OCH3 is 1. The van der Waals surface area contributed by atoms with Gasteiger partial charge in [-0.3, -0.25) is 9.59 Å². The molecule has 8 heteroatoms. The van der Waals surface area contributed by atoms with Crippen LogP contribution in [0, 0.1) is 6.92 Å². The van der Waals surface area contributed by atoms with Gasteiger partial charge in [0.2, 0.25) is 5.91 Å². The third-order valence-electron chi connectivity index (χ3n) is 4.99. The van der Waals surface area contributed by atoms with Crippen molar-refractivity contribution < 1.29 is 19.1 Å². The maximum atomic E-state index is 13.1. The molecule has 0 radical (unpaired) electrons. The molecule has 7 nitrogen and oxygen atoms in total. The van der Waals surface area contributed by atoms with Crippen molar-refractivity contribution in [1.82, 2.24) is 15.2 Å². The highest BCUT2D eigenvalue weighted by atomic mass is 32.1. The van der Waals surface area contributed by atoms with Crippen molar-refractivity contribution in [1.29, 1.82) is 0 Å². The molecule has 0 unspecified atom stereocenters. The van der Waals surface area contributed by atoms with Gasteiger partial charge >= 0.3 is 0 Å². The molecule has 3 rings (SSSR count). The summed E-state index contributed by atoms with van der Waals surface area (Å²) in [7, 11) is 1.55. The van der Waals surface area contributed by atoms with Crippen molar-refractivity contribution >= 4 is 29.4 Å². The van der Waals surface area contributed by atoms with Crippen LogP contribution < -0.4 is 10.1 Å². The number of amides is 2. The fourth-order valence-corrected chi connectivity index (χ4v) is 4.04. The second-order valence-electron chi connectivity index (χ2n) is 6.72. The number of likely N-dealkylation sites (tertiary alicyclic amines) is 1. The zero-order valence-corrected chi connectivity index (χ0v) is 16.7. The zero-order chi connectivity index (χ0) is 20.1. The summed E-state index contributed by atoms with van der Waals surface area (Å²) in [5, 5.41) is 4.70. The molecule has 1 aromatic heterocycles. The molecule has 1 N–H and O–H groups in total. The van der Waals surface area contributed by atoms with Gasteiger partial charge in [-0.25, -0.2) is 4.98 Å². The van der Waals surface area contributed by atoms with Gasteiger partial charge in [0.05, 0.1) is 24.4 Å². The van der Waals surface area contributed by atoms with E-state index in [9.17, 15) is 14.4 Å². The molecule has 1 aromatic carbocycles. The van der Waals surface area contributed by atoms with Gasteiger partial charge in [0.25, 0.3) is 5.91 Å². The zero-order valence-electron chi connectivity index (χ0n) is 15.9. The van der Waals surface area contributed by atoms with Crippen LogP contribution in [-0.4, -0.2) is 53.7 Å². The molecule has 1 fully saturated rings. The first-order valence-electron chi connectivity index (χ1n) is 9.12. The van der Waals surface area contributed by atoms with E-state index in [1.54, 1.807) is 42.6 Å². The molecule has 148 valence electrons. The third-order valence-corrected chi connectivity index (χ3v) is 5.62. The van der Waals surface area contributed by atoms with Crippen LogP contribution in [0.4, 0.5) is 0 Å². The molecule has 1 aliphatic rings. The number of benzene rings is 1. The van der Waals surface area contributed by atoms with Crippen molar-refractivity contribution in [3.63, 3.8) is 0 Å². The summed E-state index contributed by atoms with van der Waals surface area (Å²) in [5.74, 6) is -0.00100. The van der Waals surface area contributed by atoms with E-state index in [1.165, 1.54) is 11.3 Å². The lowest BCUT2D eigenvalue weighted by molar-refractivity contribution is -0.136. The normalized spacial score (nSPS) is 17.2. The van der Waals surface area contributed by atoms with Crippen molar-refractivity contribution in [3.8, 4) is 5.75 Å². The lowest BCUT2D eigenvalue weighted by Crippen LogP contribution is -2.51. The molecule has 0 spiro atoms. The van der Waals surface area contributed by atoms with Gasteiger partial charge in [-0.15, -0.1) is 11.3 Å².